The Bertz CT molecular complexity index is 720. The minimum atomic E-state index is -1.34. The van der Waals surface area contributed by atoms with Crippen molar-refractivity contribution >= 4 is 23.5 Å². The lowest BCUT2D eigenvalue weighted by molar-refractivity contribution is -0.147. The van der Waals surface area contributed by atoms with Gasteiger partial charge in [-0.05, 0) is 38.1 Å². The van der Waals surface area contributed by atoms with E-state index in [0.717, 1.165) is 4.90 Å². The topological polar surface area (TPSA) is 70.8 Å². The molecule has 1 N–H and O–H groups in total. The maximum atomic E-state index is 12.4. The van der Waals surface area contributed by atoms with Crippen molar-refractivity contribution in [2.75, 3.05) is 7.05 Å². The van der Waals surface area contributed by atoms with Crippen LogP contribution in [0.2, 0.25) is 5.02 Å². The third-order valence-corrected chi connectivity index (χ3v) is 3.95. The van der Waals surface area contributed by atoms with E-state index < -0.39 is 17.4 Å². The lowest BCUT2D eigenvalue weighted by Crippen LogP contribution is -2.50. The van der Waals surface area contributed by atoms with Crippen LogP contribution in [0, 0.1) is 0 Å². The summed E-state index contributed by atoms with van der Waals surface area (Å²) in [7, 11) is 1.42. The summed E-state index contributed by atoms with van der Waals surface area (Å²) < 4.78 is 5.54. The van der Waals surface area contributed by atoms with Gasteiger partial charge in [0.2, 0.25) is 0 Å². The lowest BCUT2D eigenvalue weighted by Gasteiger charge is -2.30. The highest BCUT2D eigenvalue weighted by molar-refractivity contribution is 6.33. The fraction of sp³-hybridized carbons (Fsp3) is 0.250. The molecule has 0 saturated heterocycles. The summed E-state index contributed by atoms with van der Waals surface area (Å²) in [6.07, 6.45) is 0. The van der Waals surface area contributed by atoms with Gasteiger partial charge in [-0.15, -0.1) is 0 Å². The second-order valence-electron chi connectivity index (χ2n) is 5.37. The highest BCUT2D eigenvalue weighted by atomic mass is 35.5. The van der Waals surface area contributed by atoms with E-state index in [1.807, 2.05) is 6.07 Å². The molecule has 6 heteroatoms. The molecule has 0 bridgehead atoms. The molecule has 0 atom stereocenters. The molecule has 2 rings (SSSR count). The normalized spacial score (nSPS) is 11.3. The van der Waals surface area contributed by atoms with E-state index in [-0.39, 0.29) is 5.76 Å². The molecule has 5 nitrogen and oxygen atoms in total. The lowest BCUT2D eigenvalue weighted by atomic mass is 10.0. The van der Waals surface area contributed by atoms with E-state index in [0.29, 0.717) is 16.3 Å². The number of rotatable bonds is 4. The highest BCUT2D eigenvalue weighted by Gasteiger charge is 2.36. The monoisotopic (exact) mass is 321 g/mol. The van der Waals surface area contributed by atoms with Gasteiger partial charge in [0.25, 0.3) is 5.91 Å². The first-order valence-corrected chi connectivity index (χ1v) is 6.99. The standard InChI is InChI=1S/C16H16ClNO4/c1-16(2,15(20)21)18(3)14(19)13-9-8-12(22-13)10-6-4-5-7-11(10)17/h4-9H,1-3H3,(H,20,21). The van der Waals surface area contributed by atoms with Crippen LogP contribution in [0.3, 0.4) is 0 Å². The molecule has 0 fully saturated rings. The molecule has 0 unspecified atom stereocenters. The number of carboxylic acid groups (broad SMARTS) is 1. The van der Waals surface area contributed by atoms with Crippen LogP contribution < -0.4 is 0 Å². The summed E-state index contributed by atoms with van der Waals surface area (Å²) in [5.41, 5.74) is -0.669. The van der Waals surface area contributed by atoms with Crippen molar-refractivity contribution in [3.63, 3.8) is 0 Å². The molecule has 0 saturated carbocycles. The maximum absolute atomic E-state index is 12.4. The van der Waals surface area contributed by atoms with E-state index in [1.165, 1.54) is 27.0 Å². The number of carboxylic acids is 1. The third-order valence-electron chi connectivity index (χ3n) is 3.62. The van der Waals surface area contributed by atoms with Crippen LogP contribution in [-0.4, -0.2) is 34.5 Å². The van der Waals surface area contributed by atoms with Crippen LogP contribution in [0.15, 0.2) is 40.8 Å². The summed E-state index contributed by atoms with van der Waals surface area (Å²) in [5.74, 6) is -1.09. The maximum Gasteiger partial charge on any atom is 0.329 e. The summed E-state index contributed by atoms with van der Waals surface area (Å²) in [4.78, 5) is 24.7. The van der Waals surface area contributed by atoms with E-state index in [1.54, 1.807) is 24.3 Å². The van der Waals surface area contributed by atoms with Crippen LogP contribution in [0.4, 0.5) is 0 Å². The van der Waals surface area contributed by atoms with Gasteiger partial charge in [0.05, 0.1) is 5.02 Å². The molecule has 1 heterocycles. The molecule has 22 heavy (non-hydrogen) atoms. The number of halogens is 1. The Morgan fingerprint density at radius 2 is 1.82 bits per heavy atom. The molecule has 0 aliphatic rings. The van der Waals surface area contributed by atoms with Crippen molar-refractivity contribution in [3.8, 4) is 11.3 Å². The van der Waals surface area contributed by atoms with Gasteiger partial charge in [-0.25, -0.2) is 4.79 Å². The van der Waals surface area contributed by atoms with E-state index in [4.69, 9.17) is 16.0 Å². The van der Waals surface area contributed by atoms with Crippen molar-refractivity contribution in [1.82, 2.24) is 4.90 Å². The first-order chi connectivity index (χ1) is 10.2. The van der Waals surface area contributed by atoms with Crippen LogP contribution in [-0.2, 0) is 4.79 Å². The highest BCUT2D eigenvalue weighted by Crippen LogP contribution is 2.29. The largest absolute Gasteiger partial charge is 0.480 e. The zero-order chi connectivity index (χ0) is 16.5. The predicted octanol–water partition coefficient (Wildman–Crippen LogP) is 3.54. The van der Waals surface area contributed by atoms with Crippen molar-refractivity contribution in [1.29, 1.82) is 0 Å². The van der Waals surface area contributed by atoms with Gasteiger partial charge in [-0.1, -0.05) is 23.7 Å². The van der Waals surface area contributed by atoms with Crippen molar-refractivity contribution in [3.05, 3.63) is 47.2 Å². The molecule has 1 amide bonds. The Morgan fingerprint density at radius 3 is 2.41 bits per heavy atom. The van der Waals surface area contributed by atoms with Gasteiger partial charge in [-0.2, -0.15) is 0 Å². The first kappa shape index (κ1) is 16.1. The van der Waals surface area contributed by atoms with Gasteiger partial charge in [0.15, 0.2) is 5.76 Å². The summed E-state index contributed by atoms with van der Waals surface area (Å²) in [6, 6.07) is 10.3. The number of nitrogens with zero attached hydrogens (tertiary/aromatic N) is 1. The van der Waals surface area contributed by atoms with Crippen molar-refractivity contribution < 1.29 is 19.1 Å². The molecule has 1 aromatic carbocycles. The number of amides is 1. The van der Waals surface area contributed by atoms with Gasteiger partial charge < -0.3 is 14.4 Å². The smallest absolute Gasteiger partial charge is 0.329 e. The Morgan fingerprint density at radius 1 is 1.18 bits per heavy atom. The van der Waals surface area contributed by atoms with Gasteiger partial charge >= 0.3 is 5.97 Å². The minimum absolute atomic E-state index is 0.0618. The molecule has 0 radical (unpaired) electrons. The zero-order valence-electron chi connectivity index (χ0n) is 12.5. The van der Waals surface area contributed by atoms with Gasteiger partial charge in [-0.3, -0.25) is 4.79 Å². The molecule has 0 spiro atoms. The Balaban J connectivity index is 2.31. The number of benzene rings is 1. The molecule has 1 aromatic heterocycles. The van der Waals surface area contributed by atoms with E-state index in [9.17, 15) is 14.7 Å². The number of furan rings is 1. The van der Waals surface area contributed by atoms with Gasteiger partial charge in [0, 0.05) is 12.6 Å². The zero-order valence-corrected chi connectivity index (χ0v) is 13.2. The minimum Gasteiger partial charge on any atom is -0.480 e. The Kier molecular flexibility index (Phi) is 4.28. The van der Waals surface area contributed by atoms with Crippen LogP contribution in [0.5, 0.6) is 0 Å². The summed E-state index contributed by atoms with van der Waals surface area (Å²) >= 11 is 6.09. The molecule has 116 valence electrons. The number of hydrogen-bond donors (Lipinski definition) is 1. The molecular weight excluding hydrogens is 306 g/mol. The third kappa shape index (κ3) is 2.85. The van der Waals surface area contributed by atoms with Gasteiger partial charge in [0.1, 0.15) is 11.3 Å². The molecule has 0 aliphatic heterocycles. The fourth-order valence-corrected chi connectivity index (χ4v) is 2.05. The average molecular weight is 322 g/mol. The Hall–Kier alpha value is -2.27. The summed E-state index contributed by atoms with van der Waals surface area (Å²) in [6.45, 7) is 2.90. The number of carbonyl (C=O) groups is 2. The second-order valence-corrected chi connectivity index (χ2v) is 5.78. The number of carbonyl (C=O) groups excluding carboxylic acids is 1. The van der Waals surface area contributed by atoms with Crippen LogP contribution in [0.1, 0.15) is 24.4 Å². The van der Waals surface area contributed by atoms with Crippen LogP contribution >= 0.6 is 11.6 Å². The quantitative estimate of drug-likeness (QED) is 0.935. The predicted molar refractivity (Wildman–Crippen MR) is 83.0 cm³/mol. The number of likely N-dealkylation sites (N-methyl/N-ethyl adjacent to an activating group) is 1. The molecular formula is C16H16ClNO4. The number of hydrogen-bond acceptors (Lipinski definition) is 3. The Labute approximate surface area is 133 Å². The molecule has 2 aromatic rings. The first-order valence-electron chi connectivity index (χ1n) is 6.61. The average Bonchev–Trinajstić information content (AvgIpc) is 2.95. The summed E-state index contributed by atoms with van der Waals surface area (Å²) in [5, 5.41) is 9.69. The SMILES string of the molecule is CN(C(=O)c1ccc(-c2ccccc2Cl)o1)C(C)(C)C(=O)O. The molecule has 0 aliphatic carbocycles. The fourth-order valence-electron chi connectivity index (χ4n) is 1.82. The van der Waals surface area contributed by atoms with Crippen molar-refractivity contribution in [2.45, 2.75) is 19.4 Å². The number of aliphatic carboxylic acids is 1. The van der Waals surface area contributed by atoms with Crippen LogP contribution in [0.25, 0.3) is 11.3 Å². The van der Waals surface area contributed by atoms with E-state index >= 15 is 0 Å². The second kappa shape index (κ2) is 5.85. The van der Waals surface area contributed by atoms with E-state index in [2.05, 4.69) is 0 Å². The van der Waals surface area contributed by atoms with Crippen molar-refractivity contribution in [2.24, 2.45) is 0 Å².